The van der Waals surface area contributed by atoms with Gasteiger partial charge in [0.2, 0.25) is 0 Å². The maximum absolute atomic E-state index is 12.6. The van der Waals surface area contributed by atoms with Crippen molar-refractivity contribution in [3.8, 4) is 17.0 Å². The zero-order valence-corrected chi connectivity index (χ0v) is 24.1. The van der Waals surface area contributed by atoms with Gasteiger partial charge in [0.05, 0.1) is 22.6 Å². The number of aryl methyl sites for hydroxylation is 1. The first kappa shape index (κ1) is 28.5. The maximum Gasteiger partial charge on any atom is 0.271 e. The Hall–Kier alpha value is -4.99. The molecule has 5 aromatic rings. The Balaban J connectivity index is 1.08. The minimum Gasteiger partial charge on any atom is -0.484 e. The lowest BCUT2D eigenvalue weighted by molar-refractivity contribution is -0.118. The molecule has 2 amide bonds. The predicted molar refractivity (Wildman–Crippen MR) is 169 cm³/mol. The van der Waals surface area contributed by atoms with Crippen LogP contribution in [0.25, 0.3) is 11.3 Å². The topological polar surface area (TPSA) is 105 Å². The van der Waals surface area contributed by atoms with Crippen molar-refractivity contribution >= 4 is 57.5 Å². The average molecular weight is 596 g/mol. The number of hydrogen-bond donors (Lipinski definition) is 3. The number of amides is 2. The first-order valence-electron chi connectivity index (χ1n) is 12.9. The van der Waals surface area contributed by atoms with Crippen LogP contribution in [0.4, 0.5) is 16.5 Å². The molecule has 1 heterocycles. The molecule has 3 N–H and O–H groups in total. The van der Waals surface area contributed by atoms with Crippen molar-refractivity contribution in [1.29, 1.82) is 0 Å². The highest BCUT2D eigenvalue weighted by Crippen LogP contribution is 2.27. The van der Waals surface area contributed by atoms with Crippen LogP contribution in [-0.4, -0.2) is 29.6 Å². The fourth-order valence-electron chi connectivity index (χ4n) is 3.79. The summed E-state index contributed by atoms with van der Waals surface area (Å²) in [5.74, 6) is -0.137. The number of nitrogens with zero attached hydrogens (tertiary/aromatic N) is 2. The minimum atomic E-state index is -0.331. The van der Waals surface area contributed by atoms with Gasteiger partial charge in [-0.3, -0.25) is 9.59 Å². The molecular weight excluding hydrogens is 570 g/mol. The van der Waals surface area contributed by atoms with Gasteiger partial charge in [-0.05, 0) is 73.2 Å². The number of hydrogen-bond acceptors (Lipinski definition) is 7. The molecule has 0 unspecified atom stereocenters. The van der Waals surface area contributed by atoms with E-state index < -0.39 is 0 Å². The van der Waals surface area contributed by atoms with Gasteiger partial charge in [0, 0.05) is 22.2 Å². The highest BCUT2D eigenvalue weighted by atomic mass is 35.5. The highest BCUT2D eigenvalue weighted by molar-refractivity contribution is 7.14. The fraction of sp³-hybridized carbons (Fsp3) is 0.0625. The lowest BCUT2D eigenvalue weighted by atomic mass is 10.1. The monoisotopic (exact) mass is 595 g/mol. The van der Waals surface area contributed by atoms with Crippen LogP contribution in [0, 0.1) is 6.92 Å². The second kappa shape index (κ2) is 13.6. The van der Waals surface area contributed by atoms with Crippen LogP contribution in [0.1, 0.15) is 21.5 Å². The Morgan fingerprint density at radius 1 is 0.952 bits per heavy atom. The van der Waals surface area contributed by atoms with Gasteiger partial charge < -0.3 is 15.4 Å². The highest BCUT2D eigenvalue weighted by Gasteiger charge is 2.09. The third kappa shape index (κ3) is 7.81. The first-order valence-corrected chi connectivity index (χ1v) is 14.2. The molecule has 0 bridgehead atoms. The van der Waals surface area contributed by atoms with E-state index in [0.717, 1.165) is 27.6 Å². The van der Waals surface area contributed by atoms with Gasteiger partial charge in [0.1, 0.15) is 5.75 Å². The summed E-state index contributed by atoms with van der Waals surface area (Å²) in [7, 11) is 0. The molecule has 4 aromatic carbocycles. The third-order valence-electron chi connectivity index (χ3n) is 6.03. The second-order valence-electron chi connectivity index (χ2n) is 9.19. The minimum absolute atomic E-state index is 0.165. The molecule has 0 atom stereocenters. The molecular formula is C32H26ClN5O3S. The van der Waals surface area contributed by atoms with Crippen molar-refractivity contribution in [3.63, 3.8) is 0 Å². The van der Waals surface area contributed by atoms with E-state index in [1.807, 2.05) is 48.7 Å². The number of anilines is 3. The van der Waals surface area contributed by atoms with E-state index in [2.05, 4.69) is 26.1 Å². The lowest BCUT2D eigenvalue weighted by Gasteiger charge is -2.08. The predicted octanol–water partition coefficient (Wildman–Crippen LogP) is 7.30. The molecule has 0 saturated carbocycles. The zero-order chi connectivity index (χ0) is 29.3. The molecule has 0 radical (unpaired) electrons. The number of nitrogens with one attached hydrogen (secondary N) is 3. The zero-order valence-electron chi connectivity index (χ0n) is 22.5. The first-order chi connectivity index (χ1) is 20.4. The number of ether oxygens (including phenoxy) is 1. The molecule has 0 aliphatic carbocycles. The van der Waals surface area contributed by atoms with Crippen LogP contribution in [0.15, 0.2) is 108 Å². The van der Waals surface area contributed by atoms with Crippen LogP contribution in [0.2, 0.25) is 5.02 Å². The Morgan fingerprint density at radius 3 is 2.43 bits per heavy atom. The number of para-hydroxylation sites is 1. The molecule has 42 heavy (non-hydrogen) atoms. The number of carbonyl (C=O) groups is 2. The van der Waals surface area contributed by atoms with E-state index in [-0.39, 0.29) is 18.4 Å². The van der Waals surface area contributed by atoms with Crippen LogP contribution in [0.3, 0.4) is 0 Å². The molecule has 0 fully saturated rings. The maximum atomic E-state index is 12.6. The standard InChI is InChI=1S/C32H26ClN5O3S/c1-21-6-14-25(15-7-21)35-32-37-29(20-42-32)23-10-12-24(13-11-23)31(40)38-34-18-22-8-16-26(17-9-22)41-19-30(39)36-28-5-3-2-4-27(28)33/h2-18,20H,19H2,1H3,(H,35,37)(H,36,39)(H,38,40)/b34-18+. The van der Waals surface area contributed by atoms with Crippen molar-refractivity contribution < 1.29 is 14.3 Å². The molecule has 0 aliphatic heterocycles. The summed E-state index contributed by atoms with van der Waals surface area (Å²) >= 11 is 7.57. The van der Waals surface area contributed by atoms with E-state index in [9.17, 15) is 9.59 Å². The largest absolute Gasteiger partial charge is 0.484 e. The van der Waals surface area contributed by atoms with Gasteiger partial charge >= 0.3 is 0 Å². The molecule has 5 rings (SSSR count). The third-order valence-corrected chi connectivity index (χ3v) is 7.11. The number of hydrazone groups is 1. The number of halogens is 1. The van der Waals surface area contributed by atoms with Gasteiger partial charge in [0.15, 0.2) is 11.7 Å². The van der Waals surface area contributed by atoms with E-state index in [1.165, 1.54) is 23.1 Å². The van der Waals surface area contributed by atoms with Gasteiger partial charge in [-0.25, -0.2) is 10.4 Å². The average Bonchev–Trinajstić information content (AvgIpc) is 3.47. The van der Waals surface area contributed by atoms with Gasteiger partial charge in [-0.15, -0.1) is 11.3 Å². The van der Waals surface area contributed by atoms with Crippen molar-refractivity contribution in [1.82, 2.24) is 10.4 Å². The fourth-order valence-corrected chi connectivity index (χ4v) is 4.72. The summed E-state index contributed by atoms with van der Waals surface area (Å²) in [5, 5.41) is 13.3. The van der Waals surface area contributed by atoms with E-state index >= 15 is 0 Å². The molecule has 0 aliphatic rings. The molecule has 210 valence electrons. The van der Waals surface area contributed by atoms with E-state index in [4.69, 9.17) is 16.3 Å². The second-order valence-corrected chi connectivity index (χ2v) is 10.5. The molecule has 1 aromatic heterocycles. The van der Waals surface area contributed by atoms with E-state index in [0.29, 0.717) is 22.0 Å². The summed E-state index contributed by atoms with van der Waals surface area (Å²) in [4.78, 5) is 29.3. The number of thiazole rings is 1. The Kier molecular flexibility index (Phi) is 9.23. The molecule has 10 heteroatoms. The van der Waals surface area contributed by atoms with E-state index in [1.54, 1.807) is 60.7 Å². The van der Waals surface area contributed by atoms with Crippen LogP contribution in [-0.2, 0) is 4.79 Å². The molecule has 0 spiro atoms. The Labute approximate surface area is 252 Å². The molecule has 8 nitrogen and oxygen atoms in total. The van der Waals surface area contributed by atoms with Crippen molar-refractivity contribution in [2.45, 2.75) is 6.92 Å². The summed E-state index contributed by atoms with van der Waals surface area (Å²) in [6.07, 6.45) is 1.53. The summed E-state index contributed by atoms with van der Waals surface area (Å²) < 4.78 is 5.53. The Bertz CT molecular complexity index is 1700. The molecule has 0 saturated heterocycles. The number of carbonyl (C=O) groups excluding carboxylic acids is 2. The van der Waals surface area contributed by atoms with Gasteiger partial charge in [-0.2, -0.15) is 5.10 Å². The van der Waals surface area contributed by atoms with Crippen LogP contribution < -0.4 is 20.8 Å². The number of benzene rings is 4. The van der Waals surface area contributed by atoms with Gasteiger partial charge in [0.25, 0.3) is 11.8 Å². The number of aromatic nitrogens is 1. The number of rotatable bonds is 10. The smallest absolute Gasteiger partial charge is 0.271 e. The quantitative estimate of drug-likeness (QED) is 0.116. The van der Waals surface area contributed by atoms with Gasteiger partial charge in [-0.1, -0.05) is 53.6 Å². The lowest BCUT2D eigenvalue weighted by Crippen LogP contribution is -2.20. The summed E-state index contributed by atoms with van der Waals surface area (Å²) in [5.41, 5.74) is 8.20. The van der Waals surface area contributed by atoms with Crippen molar-refractivity contribution in [2.24, 2.45) is 5.10 Å². The van der Waals surface area contributed by atoms with Crippen LogP contribution in [0.5, 0.6) is 5.75 Å². The van der Waals surface area contributed by atoms with Crippen LogP contribution >= 0.6 is 22.9 Å². The normalized spacial score (nSPS) is 10.8. The van der Waals surface area contributed by atoms with Crippen molar-refractivity contribution in [3.05, 3.63) is 124 Å². The van der Waals surface area contributed by atoms with Crippen molar-refractivity contribution in [2.75, 3.05) is 17.2 Å². The summed E-state index contributed by atoms with van der Waals surface area (Å²) in [6.45, 7) is 1.88. The Morgan fingerprint density at radius 2 is 1.69 bits per heavy atom. The SMILES string of the molecule is Cc1ccc(Nc2nc(-c3ccc(C(=O)N/N=C/c4ccc(OCC(=O)Nc5ccccc5Cl)cc4)cc3)cs2)cc1. The summed E-state index contributed by atoms with van der Waals surface area (Å²) in [6, 6.07) is 29.3.